The molecule has 2 N–H and O–H groups in total. The Kier molecular flexibility index (Phi) is 3.85. The molecule has 0 aliphatic heterocycles. The molecular weight excluding hydrogens is 244 g/mol. The van der Waals surface area contributed by atoms with Crippen LogP contribution in [-0.2, 0) is 4.79 Å². The van der Waals surface area contributed by atoms with E-state index in [1.165, 1.54) is 4.90 Å². The molecule has 0 aliphatic rings. The summed E-state index contributed by atoms with van der Waals surface area (Å²) in [5.41, 5.74) is 1.47. The lowest BCUT2D eigenvalue weighted by Crippen LogP contribution is -2.36. The van der Waals surface area contributed by atoms with Crippen LogP contribution in [0.5, 0.6) is 0 Å². The molecule has 0 bridgehead atoms. The minimum atomic E-state index is -0.996. The molecule has 0 saturated carbocycles. The Morgan fingerprint density at radius 2 is 2.11 bits per heavy atom. The Morgan fingerprint density at radius 3 is 2.79 bits per heavy atom. The highest BCUT2D eigenvalue weighted by Crippen LogP contribution is 2.15. The van der Waals surface area contributed by atoms with Crippen molar-refractivity contribution in [1.82, 2.24) is 9.88 Å². The molecule has 2 rings (SSSR count). The molecule has 19 heavy (non-hydrogen) atoms. The molecule has 1 aromatic carbocycles. The van der Waals surface area contributed by atoms with Gasteiger partial charge in [-0.2, -0.15) is 0 Å². The highest BCUT2D eigenvalue weighted by Gasteiger charge is 2.17. The number of rotatable bonds is 5. The smallest absolute Gasteiger partial charge is 0.323 e. The maximum atomic E-state index is 12.3. The number of carbonyl (C=O) groups excluding carboxylic acids is 1. The molecule has 0 fully saturated rings. The number of amides is 1. The first-order valence-corrected chi connectivity index (χ1v) is 6.20. The second-order valence-electron chi connectivity index (χ2n) is 4.40. The largest absolute Gasteiger partial charge is 0.480 e. The van der Waals surface area contributed by atoms with Gasteiger partial charge >= 0.3 is 5.97 Å². The summed E-state index contributed by atoms with van der Waals surface area (Å²) >= 11 is 0. The highest BCUT2D eigenvalue weighted by molar-refractivity contribution is 5.99. The molecule has 1 heterocycles. The average molecular weight is 260 g/mol. The number of hydrogen-bond acceptors (Lipinski definition) is 2. The number of carboxylic acid groups (broad SMARTS) is 1. The lowest BCUT2D eigenvalue weighted by atomic mass is 10.1. The van der Waals surface area contributed by atoms with Gasteiger partial charge in [-0.3, -0.25) is 9.59 Å². The summed E-state index contributed by atoms with van der Waals surface area (Å²) in [7, 11) is 0. The number of hydrogen-bond donors (Lipinski definition) is 2. The predicted octanol–water partition coefficient (Wildman–Crippen LogP) is 2.10. The number of benzene rings is 1. The van der Waals surface area contributed by atoms with Gasteiger partial charge in [-0.15, -0.1) is 0 Å². The lowest BCUT2D eigenvalue weighted by molar-refractivity contribution is -0.137. The third kappa shape index (κ3) is 2.93. The molecule has 5 heteroatoms. The first-order valence-electron chi connectivity index (χ1n) is 6.20. The van der Waals surface area contributed by atoms with Crippen molar-refractivity contribution in [2.24, 2.45) is 0 Å². The summed E-state index contributed by atoms with van der Waals surface area (Å²) in [5.74, 6) is -1.24. The van der Waals surface area contributed by atoms with Crippen molar-refractivity contribution < 1.29 is 14.7 Å². The van der Waals surface area contributed by atoms with E-state index in [1.54, 1.807) is 18.3 Å². The van der Waals surface area contributed by atoms with Crippen LogP contribution in [0.25, 0.3) is 10.9 Å². The number of H-pyrrole nitrogens is 1. The van der Waals surface area contributed by atoms with Gasteiger partial charge in [0, 0.05) is 29.2 Å². The summed E-state index contributed by atoms with van der Waals surface area (Å²) in [4.78, 5) is 27.5. The van der Waals surface area contributed by atoms with Crippen LogP contribution in [0.3, 0.4) is 0 Å². The van der Waals surface area contributed by atoms with Crippen LogP contribution in [-0.4, -0.2) is 40.0 Å². The monoisotopic (exact) mass is 260 g/mol. The molecule has 0 radical (unpaired) electrons. The summed E-state index contributed by atoms with van der Waals surface area (Å²) in [6.45, 7) is 2.09. The molecular formula is C14H16N2O3. The van der Waals surface area contributed by atoms with Crippen LogP contribution >= 0.6 is 0 Å². The Labute approximate surface area is 110 Å². The normalized spacial score (nSPS) is 10.6. The van der Waals surface area contributed by atoms with Gasteiger partial charge in [-0.05, 0) is 30.7 Å². The maximum absolute atomic E-state index is 12.3. The number of nitrogens with zero attached hydrogens (tertiary/aromatic N) is 1. The number of aliphatic carboxylic acids is 1. The van der Waals surface area contributed by atoms with Gasteiger partial charge in [0.1, 0.15) is 6.54 Å². The summed E-state index contributed by atoms with van der Waals surface area (Å²) in [6.07, 6.45) is 2.53. The van der Waals surface area contributed by atoms with E-state index in [2.05, 4.69) is 4.98 Å². The summed E-state index contributed by atoms with van der Waals surface area (Å²) in [6, 6.07) is 7.20. The van der Waals surface area contributed by atoms with Crippen molar-refractivity contribution in [2.75, 3.05) is 13.1 Å². The van der Waals surface area contributed by atoms with Crippen LogP contribution in [0.2, 0.25) is 0 Å². The molecule has 1 amide bonds. The van der Waals surface area contributed by atoms with E-state index in [-0.39, 0.29) is 12.5 Å². The van der Waals surface area contributed by atoms with Crippen molar-refractivity contribution in [3.05, 3.63) is 36.0 Å². The number of carboxylic acids is 1. The number of nitrogens with one attached hydrogen (secondary N) is 1. The van der Waals surface area contributed by atoms with Crippen molar-refractivity contribution in [1.29, 1.82) is 0 Å². The van der Waals surface area contributed by atoms with E-state index in [0.717, 1.165) is 17.3 Å². The van der Waals surface area contributed by atoms with E-state index < -0.39 is 5.97 Å². The Balaban J connectivity index is 2.26. The summed E-state index contributed by atoms with van der Waals surface area (Å²) < 4.78 is 0. The van der Waals surface area contributed by atoms with Crippen molar-refractivity contribution in [3.63, 3.8) is 0 Å². The van der Waals surface area contributed by atoms with E-state index in [4.69, 9.17) is 5.11 Å². The number of aromatic amines is 1. The van der Waals surface area contributed by atoms with Gasteiger partial charge in [0.15, 0.2) is 0 Å². The first-order chi connectivity index (χ1) is 9.11. The maximum Gasteiger partial charge on any atom is 0.323 e. The second-order valence-corrected chi connectivity index (χ2v) is 4.40. The highest BCUT2D eigenvalue weighted by atomic mass is 16.4. The van der Waals surface area contributed by atoms with Gasteiger partial charge in [0.05, 0.1) is 0 Å². The molecule has 0 unspecified atom stereocenters. The van der Waals surface area contributed by atoms with E-state index in [9.17, 15) is 9.59 Å². The zero-order valence-corrected chi connectivity index (χ0v) is 10.7. The van der Waals surface area contributed by atoms with E-state index >= 15 is 0 Å². The molecule has 2 aromatic rings. The van der Waals surface area contributed by atoms with Crippen LogP contribution in [0.4, 0.5) is 0 Å². The average Bonchev–Trinajstić information content (AvgIpc) is 2.84. The predicted molar refractivity (Wildman–Crippen MR) is 72.1 cm³/mol. The third-order valence-electron chi connectivity index (χ3n) is 2.91. The Hall–Kier alpha value is -2.30. The van der Waals surface area contributed by atoms with Crippen molar-refractivity contribution >= 4 is 22.8 Å². The molecule has 1 aromatic heterocycles. The van der Waals surface area contributed by atoms with Gasteiger partial charge in [-0.25, -0.2) is 0 Å². The van der Waals surface area contributed by atoms with Crippen molar-refractivity contribution in [3.8, 4) is 0 Å². The number of aromatic nitrogens is 1. The van der Waals surface area contributed by atoms with Gasteiger partial charge in [0.25, 0.3) is 5.91 Å². The Morgan fingerprint density at radius 1 is 1.32 bits per heavy atom. The standard InChI is InChI=1S/C14H16N2O3/c1-2-7-16(9-13(17)18)14(19)11-3-4-12-10(8-11)5-6-15-12/h3-6,8,15H,2,7,9H2,1H3,(H,17,18). The fourth-order valence-electron chi connectivity index (χ4n) is 2.05. The van der Waals surface area contributed by atoms with Gasteiger partial charge in [-0.1, -0.05) is 6.92 Å². The molecule has 5 nitrogen and oxygen atoms in total. The molecule has 0 atom stereocenters. The number of fused-ring (bicyclic) bond motifs is 1. The Bertz CT molecular complexity index is 604. The fourth-order valence-corrected chi connectivity index (χ4v) is 2.05. The quantitative estimate of drug-likeness (QED) is 0.864. The van der Waals surface area contributed by atoms with E-state index in [0.29, 0.717) is 12.1 Å². The first kappa shape index (κ1) is 13.1. The van der Waals surface area contributed by atoms with Gasteiger partial charge < -0.3 is 15.0 Å². The molecule has 100 valence electrons. The zero-order valence-electron chi connectivity index (χ0n) is 10.7. The van der Waals surface area contributed by atoms with E-state index in [1.807, 2.05) is 19.1 Å². The SMILES string of the molecule is CCCN(CC(=O)O)C(=O)c1ccc2[nH]ccc2c1. The van der Waals surface area contributed by atoms with Crippen LogP contribution in [0.1, 0.15) is 23.7 Å². The minimum absolute atomic E-state index is 0.243. The molecule has 0 aliphatic carbocycles. The lowest BCUT2D eigenvalue weighted by Gasteiger charge is -2.20. The van der Waals surface area contributed by atoms with Crippen LogP contribution < -0.4 is 0 Å². The van der Waals surface area contributed by atoms with Gasteiger partial charge in [0.2, 0.25) is 0 Å². The van der Waals surface area contributed by atoms with Crippen LogP contribution in [0.15, 0.2) is 30.5 Å². The summed E-state index contributed by atoms with van der Waals surface area (Å²) in [5, 5.41) is 9.79. The zero-order chi connectivity index (χ0) is 13.8. The topological polar surface area (TPSA) is 73.4 Å². The fraction of sp³-hybridized carbons (Fsp3) is 0.286. The third-order valence-corrected chi connectivity index (χ3v) is 2.91. The molecule has 0 saturated heterocycles. The number of carbonyl (C=O) groups is 2. The second kappa shape index (κ2) is 5.56. The van der Waals surface area contributed by atoms with Crippen molar-refractivity contribution in [2.45, 2.75) is 13.3 Å². The molecule has 0 spiro atoms. The van der Waals surface area contributed by atoms with Crippen LogP contribution in [0, 0.1) is 0 Å². The minimum Gasteiger partial charge on any atom is -0.480 e.